The second-order valence-electron chi connectivity index (χ2n) is 6.39. The van der Waals surface area contributed by atoms with Gasteiger partial charge in [-0.2, -0.15) is 0 Å². The van der Waals surface area contributed by atoms with Gasteiger partial charge in [0, 0.05) is 18.2 Å². The molecule has 24 heavy (non-hydrogen) atoms. The van der Waals surface area contributed by atoms with Crippen LogP contribution in [0.15, 0.2) is 42.0 Å². The minimum absolute atomic E-state index is 0.0940. The van der Waals surface area contributed by atoms with E-state index in [1.807, 2.05) is 30.3 Å². The molecule has 1 aromatic rings. The fourth-order valence-corrected chi connectivity index (χ4v) is 3.61. The minimum Gasteiger partial charge on any atom is -0.481 e. The van der Waals surface area contributed by atoms with Crippen molar-refractivity contribution in [2.24, 2.45) is 5.41 Å². The molecule has 0 aromatic heterocycles. The van der Waals surface area contributed by atoms with Gasteiger partial charge in [0.05, 0.1) is 12.0 Å². The SMILES string of the molecule is CC1(C(=O)O)C=C(CCBr)CC(OCc2ccccc2)(C(=O)O)C1. The van der Waals surface area contributed by atoms with Gasteiger partial charge in [0.2, 0.25) is 0 Å². The van der Waals surface area contributed by atoms with Crippen molar-refractivity contribution >= 4 is 27.9 Å². The van der Waals surface area contributed by atoms with Crippen LogP contribution in [0.5, 0.6) is 0 Å². The highest BCUT2D eigenvalue weighted by molar-refractivity contribution is 9.09. The summed E-state index contributed by atoms with van der Waals surface area (Å²) in [4.78, 5) is 23.7. The summed E-state index contributed by atoms with van der Waals surface area (Å²) >= 11 is 3.33. The molecule has 0 spiro atoms. The predicted molar refractivity (Wildman–Crippen MR) is 93.1 cm³/mol. The Hall–Kier alpha value is -1.66. The highest BCUT2D eigenvalue weighted by atomic mass is 79.9. The Bertz CT molecular complexity index is 642. The first-order chi connectivity index (χ1) is 11.3. The number of hydrogen-bond donors (Lipinski definition) is 2. The fourth-order valence-electron chi connectivity index (χ4n) is 3.11. The zero-order valence-electron chi connectivity index (χ0n) is 13.5. The van der Waals surface area contributed by atoms with E-state index in [9.17, 15) is 19.8 Å². The normalized spacial score (nSPS) is 26.7. The average molecular weight is 397 g/mol. The van der Waals surface area contributed by atoms with Gasteiger partial charge in [-0.3, -0.25) is 4.79 Å². The molecule has 0 saturated heterocycles. The maximum absolute atomic E-state index is 12.0. The quantitative estimate of drug-likeness (QED) is 0.542. The van der Waals surface area contributed by atoms with E-state index in [1.165, 1.54) is 0 Å². The number of carboxylic acid groups (broad SMARTS) is 2. The molecule has 6 heteroatoms. The van der Waals surface area contributed by atoms with Gasteiger partial charge in [0.1, 0.15) is 0 Å². The molecule has 0 fully saturated rings. The van der Waals surface area contributed by atoms with Crippen LogP contribution < -0.4 is 0 Å². The van der Waals surface area contributed by atoms with Gasteiger partial charge in [-0.25, -0.2) is 4.79 Å². The molecule has 2 N–H and O–H groups in total. The Morgan fingerprint density at radius 1 is 1.21 bits per heavy atom. The van der Waals surface area contributed by atoms with Crippen LogP contribution >= 0.6 is 15.9 Å². The number of ether oxygens (including phenoxy) is 1. The van der Waals surface area contributed by atoms with Crippen LogP contribution in [-0.2, 0) is 20.9 Å². The average Bonchev–Trinajstić information content (AvgIpc) is 2.53. The number of rotatable bonds is 7. The molecule has 0 heterocycles. The summed E-state index contributed by atoms with van der Waals surface area (Å²) in [5.74, 6) is -2.16. The summed E-state index contributed by atoms with van der Waals surface area (Å²) < 4.78 is 5.82. The Kier molecular flexibility index (Phi) is 5.83. The molecular weight excluding hydrogens is 376 g/mol. The van der Waals surface area contributed by atoms with E-state index in [1.54, 1.807) is 13.0 Å². The molecular formula is C18H21BrO5. The Morgan fingerprint density at radius 2 is 1.88 bits per heavy atom. The first-order valence-electron chi connectivity index (χ1n) is 7.72. The number of aliphatic carboxylic acids is 2. The predicted octanol–water partition coefficient (Wildman–Crippen LogP) is 3.62. The molecule has 5 nitrogen and oxygen atoms in total. The first-order valence-corrected chi connectivity index (χ1v) is 8.85. The van der Waals surface area contributed by atoms with Crippen LogP contribution in [0.3, 0.4) is 0 Å². The summed E-state index contributed by atoms with van der Waals surface area (Å²) in [5, 5.41) is 20.0. The maximum Gasteiger partial charge on any atom is 0.336 e. The van der Waals surface area contributed by atoms with E-state index in [4.69, 9.17) is 4.74 Å². The Morgan fingerprint density at radius 3 is 2.42 bits per heavy atom. The lowest BCUT2D eigenvalue weighted by molar-refractivity contribution is -0.176. The molecule has 0 bridgehead atoms. The van der Waals surface area contributed by atoms with Crippen molar-refractivity contribution in [2.75, 3.05) is 5.33 Å². The minimum atomic E-state index is -1.53. The molecule has 2 unspecified atom stereocenters. The molecule has 0 amide bonds. The molecule has 0 radical (unpaired) electrons. The first kappa shape index (κ1) is 18.7. The van der Waals surface area contributed by atoms with E-state index in [0.29, 0.717) is 11.8 Å². The van der Waals surface area contributed by atoms with Gasteiger partial charge < -0.3 is 14.9 Å². The number of hydrogen-bond acceptors (Lipinski definition) is 3. The smallest absolute Gasteiger partial charge is 0.336 e. The molecule has 2 atom stereocenters. The van der Waals surface area contributed by atoms with Crippen LogP contribution in [0, 0.1) is 5.41 Å². The van der Waals surface area contributed by atoms with Crippen molar-refractivity contribution in [1.82, 2.24) is 0 Å². The van der Waals surface area contributed by atoms with Gasteiger partial charge in [0.25, 0.3) is 0 Å². The fraction of sp³-hybridized carbons (Fsp3) is 0.444. The van der Waals surface area contributed by atoms with Gasteiger partial charge in [-0.1, -0.05) is 57.9 Å². The van der Waals surface area contributed by atoms with Crippen LogP contribution in [0.2, 0.25) is 0 Å². The standard InChI is InChI=1S/C18H21BrO5/c1-17(15(20)21)9-14(7-8-19)10-18(12-17,16(22)23)24-11-13-5-3-2-4-6-13/h2-6,9H,7-8,10-12H2,1H3,(H,20,21)(H,22,23). The van der Waals surface area contributed by atoms with Crippen molar-refractivity contribution in [3.05, 3.63) is 47.5 Å². The van der Waals surface area contributed by atoms with E-state index >= 15 is 0 Å². The highest BCUT2D eigenvalue weighted by Gasteiger charge is 2.51. The molecule has 130 valence electrons. The summed E-state index contributed by atoms with van der Waals surface area (Å²) in [7, 11) is 0. The lowest BCUT2D eigenvalue weighted by Crippen LogP contribution is -2.50. The van der Waals surface area contributed by atoms with Gasteiger partial charge in [-0.15, -0.1) is 0 Å². The van der Waals surface area contributed by atoms with Gasteiger partial charge >= 0.3 is 11.9 Å². The van der Waals surface area contributed by atoms with Crippen molar-refractivity contribution in [3.63, 3.8) is 0 Å². The topological polar surface area (TPSA) is 83.8 Å². The summed E-state index contributed by atoms with van der Waals surface area (Å²) in [6.07, 6.45) is 2.38. The van der Waals surface area contributed by atoms with E-state index < -0.39 is 23.0 Å². The van der Waals surface area contributed by atoms with Crippen molar-refractivity contribution < 1.29 is 24.5 Å². The lowest BCUT2D eigenvalue weighted by Gasteiger charge is -2.40. The van der Waals surface area contributed by atoms with E-state index in [-0.39, 0.29) is 19.4 Å². The Balaban J connectivity index is 2.32. The summed E-state index contributed by atoms with van der Waals surface area (Å²) in [5.41, 5.74) is -1.15. The van der Waals surface area contributed by atoms with Crippen molar-refractivity contribution in [3.8, 4) is 0 Å². The number of carboxylic acids is 2. The van der Waals surface area contributed by atoms with Gasteiger partial charge in [0.15, 0.2) is 5.60 Å². The van der Waals surface area contributed by atoms with Gasteiger partial charge in [-0.05, 0) is 18.9 Å². The molecule has 1 aliphatic rings. The Labute approximate surface area is 149 Å². The molecule has 1 aliphatic carbocycles. The number of benzene rings is 1. The maximum atomic E-state index is 12.0. The van der Waals surface area contributed by atoms with Crippen LogP contribution in [0.4, 0.5) is 0 Å². The van der Waals surface area contributed by atoms with Crippen molar-refractivity contribution in [1.29, 1.82) is 0 Å². The third-order valence-corrected chi connectivity index (χ3v) is 4.74. The van der Waals surface area contributed by atoms with Crippen LogP contribution in [-0.4, -0.2) is 33.1 Å². The number of alkyl halides is 1. The molecule has 0 saturated carbocycles. The molecule has 2 rings (SSSR count). The molecule has 0 aliphatic heterocycles. The third-order valence-electron chi connectivity index (χ3n) is 4.34. The van der Waals surface area contributed by atoms with Crippen LogP contribution in [0.25, 0.3) is 0 Å². The van der Waals surface area contributed by atoms with E-state index in [0.717, 1.165) is 11.1 Å². The monoisotopic (exact) mass is 396 g/mol. The number of halogens is 1. The van der Waals surface area contributed by atoms with Crippen LogP contribution in [0.1, 0.15) is 31.7 Å². The van der Waals surface area contributed by atoms with Crippen molar-refractivity contribution in [2.45, 2.75) is 38.4 Å². The summed E-state index contributed by atoms with van der Waals surface area (Å²) in [6.45, 7) is 1.68. The van der Waals surface area contributed by atoms with E-state index in [2.05, 4.69) is 15.9 Å². The summed E-state index contributed by atoms with van der Waals surface area (Å²) in [6, 6.07) is 9.28. The lowest BCUT2D eigenvalue weighted by atomic mass is 9.69. The second-order valence-corrected chi connectivity index (χ2v) is 7.18. The molecule has 1 aromatic carbocycles. The zero-order chi connectivity index (χ0) is 17.8. The second kappa shape index (κ2) is 7.49. The highest BCUT2D eigenvalue weighted by Crippen LogP contribution is 2.44. The third kappa shape index (κ3) is 4.05. The zero-order valence-corrected chi connectivity index (χ0v) is 15.1. The largest absolute Gasteiger partial charge is 0.481 e. The number of carbonyl (C=O) groups is 2.